The molecule has 0 atom stereocenters. The molecule has 0 aliphatic carbocycles. The number of para-hydroxylation sites is 1. The minimum Gasteiger partial charge on any atom is -0.410 e. The Kier molecular flexibility index (Phi) is 2.96. The summed E-state index contributed by atoms with van der Waals surface area (Å²) in [5.41, 5.74) is 13.0. The molecule has 0 aliphatic heterocycles. The van der Waals surface area contributed by atoms with Gasteiger partial charge in [0.1, 0.15) is 5.75 Å². The lowest BCUT2D eigenvalue weighted by Crippen LogP contribution is -2.16. The zero-order valence-corrected chi connectivity index (χ0v) is 9.09. The lowest BCUT2D eigenvalue weighted by atomic mass is 10.0. The summed E-state index contributed by atoms with van der Waals surface area (Å²) in [5.74, 6) is 0.435. The molecule has 86 valence electrons. The molecule has 4 heteroatoms. The van der Waals surface area contributed by atoms with Crippen LogP contribution in [0.4, 0.5) is 10.5 Å². The van der Waals surface area contributed by atoms with Crippen molar-refractivity contribution in [2.75, 3.05) is 5.73 Å². The monoisotopic (exact) mass is 228 g/mol. The fourth-order valence-corrected chi connectivity index (χ4v) is 1.57. The number of carbonyl (C=O) groups is 1. The average Bonchev–Trinajstić information content (AvgIpc) is 2.30. The maximum Gasteiger partial charge on any atom is 0.409 e. The SMILES string of the molecule is NC(=O)Oc1ccccc1-c1ccc(N)cc1. The topological polar surface area (TPSA) is 78.3 Å². The fraction of sp³-hybridized carbons (Fsp3) is 0. The van der Waals surface area contributed by atoms with Crippen molar-refractivity contribution in [3.8, 4) is 16.9 Å². The van der Waals surface area contributed by atoms with E-state index in [4.69, 9.17) is 16.2 Å². The number of carbonyl (C=O) groups excluding carboxylic acids is 1. The molecule has 4 N–H and O–H groups in total. The van der Waals surface area contributed by atoms with Crippen molar-refractivity contribution in [2.45, 2.75) is 0 Å². The van der Waals surface area contributed by atoms with Crippen molar-refractivity contribution in [1.82, 2.24) is 0 Å². The van der Waals surface area contributed by atoms with E-state index in [-0.39, 0.29) is 0 Å². The van der Waals surface area contributed by atoms with Gasteiger partial charge in [-0.05, 0) is 23.8 Å². The molecule has 0 bridgehead atoms. The predicted molar refractivity (Wildman–Crippen MR) is 66.5 cm³/mol. The predicted octanol–water partition coefficient (Wildman–Crippen LogP) is 2.39. The summed E-state index contributed by atoms with van der Waals surface area (Å²) in [6.07, 6.45) is -0.826. The van der Waals surface area contributed by atoms with E-state index in [2.05, 4.69) is 0 Å². The van der Waals surface area contributed by atoms with E-state index in [1.807, 2.05) is 24.3 Å². The summed E-state index contributed by atoms with van der Waals surface area (Å²) in [7, 11) is 0. The van der Waals surface area contributed by atoms with Crippen LogP contribution in [0.1, 0.15) is 0 Å². The number of amides is 1. The van der Waals surface area contributed by atoms with Crippen molar-refractivity contribution in [1.29, 1.82) is 0 Å². The van der Waals surface area contributed by atoms with Gasteiger partial charge in [-0.2, -0.15) is 0 Å². The first-order valence-corrected chi connectivity index (χ1v) is 5.09. The van der Waals surface area contributed by atoms with Crippen LogP contribution in [0.5, 0.6) is 5.75 Å². The Morgan fingerprint density at radius 1 is 1.00 bits per heavy atom. The molecule has 0 saturated carbocycles. The van der Waals surface area contributed by atoms with Gasteiger partial charge >= 0.3 is 6.09 Å². The maximum atomic E-state index is 10.8. The molecule has 0 unspecified atom stereocenters. The molecular formula is C13H12N2O2. The Hall–Kier alpha value is -2.49. The van der Waals surface area contributed by atoms with Crippen LogP contribution in [0.15, 0.2) is 48.5 Å². The van der Waals surface area contributed by atoms with Crippen molar-refractivity contribution in [2.24, 2.45) is 5.73 Å². The standard InChI is InChI=1S/C13H12N2O2/c14-10-7-5-9(6-8-10)11-3-1-2-4-12(11)17-13(15)16/h1-8H,14H2,(H2,15,16). The Balaban J connectivity index is 2.44. The van der Waals surface area contributed by atoms with E-state index in [0.29, 0.717) is 11.4 Å². The van der Waals surface area contributed by atoms with Crippen LogP contribution in [-0.4, -0.2) is 6.09 Å². The van der Waals surface area contributed by atoms with E-state index >= 15 is 0 Å². The largest absolute Gasteiger partial charge is 0.410 e. The molecule has 1 amide bonds. The number of rotatable bonds is 2. The molecule has 4 nitrogen and oxygen atoms in total. The first-order chi connectivity index (χ1) is 8.16. The van der Waals surface area contributed by atoms with Crippen molar-refractivity contribution in [3.63, 3.8) is 0 Å². The number of benzene rings is 2. The summed E-state index contributed by atoms with van der Waals surface area (Å²) in [6.45, 7) is 0. The molecular weight excluding hydrogens is 216 g/mol. The first kappa shape index (κ1) is 11.0. The number of hydrogen-bond donors (Lipinski definition) is 2. The van der Waals surface area contributed by atoms with Gasteiger partial charge < -0.3 is 16.2 Å². The second-order valence-electron chi connectivity index (χ2n) is 3.54. The number of nitrogens with two attached hydrogens (primary N) is 2. The third-order valence-electron chi connectivity index (χ3n) is 2.32. The van der Waals surface area contributed by atoms with E-state index in [1.165, 1.54) is 0 Å². The lowest BCUT2D eigenvalue weighted by molar-refractivity contribution is 0.211. The van der Waals surface area contributed by atoms with Crippen molar-refractivity contribution in [3.05, 3.63) is 48.5 Å². The molecule has 2 aromatic rings. The second-order valence-corrected chi connectivity index (χ2v) is 3.54. The summed E-state index contributed by atoms with van der Waals surface area (Å²) < 4.78 is 4.94. The summed E-state index contributed by atoms with van der Waals surface area (Å²) >= 11 is 0. The zero-order valence-electron chi connectivity index (χ0n) is 9.09. The van der Waals surface area contributed by atoms with Crippen LogP contribution < -0.4 is 16.2 Å². The summed E-state index contributed by atoms with van der Waals surface area (Å²) in [4.78, 5) is 10.8. The zero-order chi connectivity index (χ0) is 12.3. The highest BCUT2D eigenvalue weighted by Gasteiger charge is 2.07. The van der Waals surface area contributed by atoms with E-state index in [1.54, 1.807) is 24.3 Å². The van der Waals surface area contributed by atoms with Crippen LogP contribution in [0, 0.1) is 0 Å². The van der Waals surface area contributed by atoms with Gasteiger partial charge in [0.15, 0.2) is 0 Å². The van der Waals surface area contributed by atoms with Gasteiger partial charge in [0.25, 0.3) is 0 Å². The van der Waals surface area contributed by atoms with E-state index in [9.17, 15) is 4.79 Å². The van der Waals surface area contributed by atoms with Crippen molar-refractivity contribution >= 4 is 11.8 Å². The summed E-state index contributed by atoms with van der Waals surface area (Å²) in [5, 5.41) is 0. The molecule has 0 aromatic heterocycles. The molecule has 0 saturated heterocycles. The third kappa shape index (κ3) is 2.55. The van der Waals surface area contributed by atoms with Crippen molar-refractivity contribution < 1.29 is 9.53 Å². The van der Waals surface area contributed by atoms with Gasteiger partial charge in [0, 0.05) is 11.3 Å². The van der Waals surface area contributed by atoms with Crippen LogP contribution in [0.2, 0.25) is 0 Å². The molecule has 2 rings (SSSR count). The number of anilines is 1. The second kappa shape index (κ2) is 4.57. The van der Waals surface area contributed by atoms with E-state index < -0.39 is 6.09 Å². The van der Waals surface area contributed by atoms with Gasteiger partial charge in [-0.3, -0.25) is 0 Å². The number of nitrogen functional groups attached to an aromatic ring is 1. The Morgan fingerprint density at radius 2 is 1.65 bits per heavy atom. The number of primary amides is 1. The third-order valence-corrected chi connectivity index (χ3v) is 2.32. The molecule has 0 spiro atoms. The van der Waals surface area contributed by atoms with Gasteiger partial charge in [-0.1, -0.05) is 30.3 Å². The number of ether oxygens (including phenoxy) is 1. The highest BCUT2D eigenvalue weighted by atomic mass is 16.5. The average molecular weight is 228 g/mol. The molecule has 0 heterocycles. The first-order valence-electron chi connectivity index (χ1n) is 5.09. The summed E-state index contributed by atoms with van der Waals surface area (Å²) in [6, 6.07) is 14.5. The van der Waals surface area contributed by atoms with Gasteiger partial charge in [-0.25, -0.2) is 4.79 Å². The molecule has 0 aliphatic rings. The van der Waals surface area contributed by atoms with Crippen LogP contribution in [-0.2, 0) is 0 Å². The highest BCUT2D eigenvalue weighted by Crippen LogP contribution is 2.30. The molecule has 2 aromatic carbocycles. The molecule has 0 fully saturated rings. The van der Waals surface area contributed by atoms with Gasteiger partial charge in [0.2, 0.25) is 0 Å². The van der Waals surface area contributed by atoms with E-state index in [0.717, 1.165) is 11.1 Å². The minimum atomic E-state index is -0.826. The normalized spacial score (nSPS) is 9.88. The maximum absolute atomic E-state index is 10.8. The Morgan fingerprint density at radius 3 is 2.29 bits per heavy atom. The lowest BCUT2D eigenvalue weighted by Gasteiger charge is -2.08. The number of hydrogen-bond acceptors (Lipinski definition) is 3. The molecule has 17 heavy (non-hydrogen) atoms. The Labute approximate surface area is 98.8 Å². The quantitative estimate of drug-likeness (QED) is 0.774. The fourth-order valence-electron chi connectivity index (χ4n) is 1.57. The van der Waals surface area contributed by atoms with Crippen LogP contribution in [0.3, 0.4) is 0 Å². The van der Waals surface area contributed by atoms with Crippen LogP contribution in [0.25, 0.3) is 11.1 Å². The van der Waals surface area contributed by atoms with Gasteiger partial charge in [0.05, 0.1) is 0 Å². The minimum absolute atomic E-state index is 0.435. The molecule has 0 radical (unpaired) electrons. The Bertz CT molecular complexity index is 535. The van der Waals surface area contributed by atoms with Gasteiger partial charge in [-0.15, -0.1) is 0 Å². The highest BCUT2D eigenvalue weighted by molar-refractivity contribution is 5.76. The smallest absolute Gasteiger partial charge is 0.409 e. The van der Waals surface area contributed by atoms with Crippen LogP contribution >= 0.6 is 0 Å².